The highest BCUT2D eigenvalue weighted by atomic mass is 32.1. The van der Waals surface area contributed by atoms with Crippen molar-refractivity contribution >= 4 is 26.7 Å². The van der Waals surface area contributed by atoms with E-state index in [1.165, 1.54) is 0 Å². The van der Waals surface area contributed by atoms with Gasteiger partial charge in [-0.05, 0) is 35.4 Å². The van der Waals surface area contributed by atoms with E-state index in [-0.39, 0.29) is 0 Å². The molecule has 0 radical (unpaired) electrons. The second-order valence-corrected chi connectivity index (χ2v) is 6.42. The zero-order valence-corrected chi connectivity index (χ0v) is 13.9. The topological polar surface area (TPSA) is 62.8 Å². The van der Waals surface area contributed by atoms with Gasteiger partial charge < -0.3 is 10.1 Å². The van der Waals surface area contributed by atoms with E-state index < -0.39 is 0 Å². The number of ether oxygens (including phenoxy) is 1. The van der Waals surface area contributed by atoms with E-state index in [2.05, 4.69) is 38.7 Å². The Morgan fingerprint density at radius 3 is 2.96 bits per heavy atom. The van der Waals surface area contributed by atoms with E-state index in [1.54, 1.807) is 18.4 Å². The molecule has 5 nitrogen and oxygen atoms in total. The van der Waals surface area contributed by atoms with Gasteiger partial charge >= 0.3 is 0 Å². The summed E-state index contributed by atoms with van der Waals surface area (Å²) in [7, 11) is 1.68. The first kappa shape index (κ1) is 14.7. The summed E-state index contributed by atoms with van der Waals surface area (Å²) >= 11 is 1.65. The van der Waals surface area contributed by atoms with Gasteiger partial charge in [-0.3, -0.25) is 5.10 Å². The van der Waals surface area contributed by atoms with Crippen LogP contribution in [0, 0.1) is 0 Å². The Balaban J connectivity index is 1.54. The summed E-state index contributed by atoms with van der Waals surface area (Å²) in [6, 6.07) is 14.3. The predicted molar refractivity (Wildman–Crippen MR) is 97.5 cm³/mol. The van der Waals surface area contributed by atoms with Crippen LogP contribution in [-0.4, -0.2) is 22.3 Å². The first-order chi connectivity index (χ1) is 11.8. The molecule has 4 rings (SSSR count). The highest BCUT2D eigenvalue weighted by Gasteiger charge is 2.06. The number of methoxy groups -OCH3 is 1. The van der Waals surface area contributed by atoms with Crippen molar-refractivity contribution < 1.29 is 4.74 Å². The lowest BCUT2D eigenvalue weighted by molar-refractivity contribution is 0.414. The number of nitrogens with zero attached hydrogens (tertiary/aromatic N) is 2. The summed E-state index contributed by atoms with van der Waals surface area (Å²) in [4.78, 5) is 4.65. The number of hydrogen-bond donors (Lipinski definition) is 2. The van der Waals surface area contributed by atoms with Gasteiger partial charge in [0.15, 0.2) is 5.13 Å². The van der Waals surface area contributed by atoms with Crippen molar-refractivity contribution in [3.05, 3.63) is 60.4 Å². The molecule has 2 N–H and O–H groups in total. The van der Waals surface area contributed by atoms with Gasteiger partial charge in [0.2, 0.25) is 0 Å². The van der Waals surface area contributed by atoms with Crippen LogP contribution in [0.4, 0.5) is 5.13 Å². The number of aromatic amines is 1. The maximum Gasteiger partial charge on any atom is 0.184 e. The summed E-state index contributed by atoms with van der Waals surface area (Å²) in [5.41, 5.74) is 4.38. The number of fused-ring (bicyclic) bond motifs is 1. The number of aromatic nitrogens is 3. The molecular formula is C18H16N4OS. The maximum atomic E-state index is 5.25. The van der Waals surface area contributed by atoms with Crippen LogP contribution in [-0.2, 0) is 6.54 Å². The fourth-order valence-corrected chi connectivity index (χ4v) is 3.45. The summed E-state index contributed by atoms with van der Waals surface area (Å²) in [5, 5.41) is 11.1. The molecule has 0 saturated carbocycles. The zero-order chi connectivity index (χ0) is 16.4. The molecule has 0 spiro atoms. The Morgan fingerprint density at radius 2 is 2.12 bits per heavy atom. The molecule has 0 atom stereocenters. The van der Waals surface area contributed by atoms with Gasteiger partial charge in [-0.1, -0.05) is 29.5 Å². The van der Waals surface area contributed by atoms with Gasteiger partial charge in [-0.2, -0.15) is 5.10 Å². The average Bonchev–Trinajstić information content (AvgIpc) is 3.28. The lowest BCUT2D eigenvalue weighted by atomic mass is 10.1. The van der Waals surface area contributed by atoms with Gasteiger partial charge in [0.05, 0.1) is 23.5 Å². The summed E-state index contributed by atoms with van der Waals surface area (Å²) in [6.07, 6.45) is 3.72. The van der Waals surface area contributed by atoms with Crippen molar-refractivity contribution in [3.63, 3.8) is 0 Å². The minimum absolute atomic E-state index is 0.714. The average molecular weight is 336 g/mol. The summed E-state index contributed by atoms with van der Waals surface area (Å²) < 4.78 is 6.41. The Kier molecular flexibility index (Phi) is 3.88. The van der Waals surface area contributed by atoms with Gasteiger partial charge in [0.1, 0.15) is 5.75 Å². The lowest BCUT2D eigenvalue weighted by Crippen LogP contribution is -1.98. The normalized spacial score (nSPS) is 10.9. The molecule has 2 aromatic carbocycles. The van der Waals surface area contributed by atoms with Crippen molar-refractivity contribution in [2.24, 2.45) is 0 Å². The molecule has 4 aromatic rings. The third-order valence-electron chi connectivity index (χ3n) is 3.80. The second-order valence-electron chi connectivity index (χ2n) is 5.39. The van der Waals surface area contributed by atoms with Crippen molar-refractivity contribution in [1.82, 2.24) is 15.2 Å². The van der Waals surface area contributed by atoms with Crippen LogP contribution in [0.2, 0.25) is 0 Å². The first-order valence-electron chi connectivity index (χ1n) is 7.58. The predicted octanol–water partition coefficient (Wildman–Crippen LogP) is 4.31. The number of nitrogens with one attached hydrogen (secondary N) is 2. The minimum Gasteiger partial charge on any atom is -0.497 e. The van der Waals surface area contributed by atoms with Gasteiger partial charge in [0.25, 0.3) is 0 Å². The molecule has 0 aliphatic carbocycles. The standard InChI is InChI=1S/C18H16N4OS/c1-23-15-4-2-3-12(7-15)9-19-18-22-16-6-5-13(8-17(16)24-18)14-10-20-21-11-14/h2-8,10-11H,9H2,1H3,(H,19,22)(H,20,21). The number of thiazole rings is 1. The molecule has 0 amide bonds. The number of benzene rings is 2. The fourth-order valence-electron chi connectivity index (χ4n) is 2.55. The van der Waals surface area contributed by atoms with Crippen molar-refractivity contribution in [1.29, 1.82) is 0 Å². The number of rotatable bonds is 5. The van der Waals surface area contributed by atoms with Gasteiger partial charge in [-0.15, -0.1) is 0 Å². The summed E-state index contributed by atoms with van der Waals surface area (Å²) in [5.74, 6) is 0.864. The van der Waals surface area contributed by atoms with Crippen LogP contribution in [0.15, 0.2) is 54.9 Å². The molecule has 6 heteroatoms. The van der Waals surface area contributed by atoms with E-state index in [0.29, 0.717) is 6.54 Å². The number of hydrogen-bond acceptors (Lipinski definition) is 5. The second kappa shape index (κ2) is 6.33. The van der Waals surface area contributed by atoms with Crippen molar-refractivity contribution in [2.45, 2.75) is 6.54 Å². The molecule has 0 aliphatic heterocycles. The fraction of sp³-hybridized carbons (Fsp3) is 0.111. The number of anilines is 1. The van der Waals surface area contributed by atoms with Crippen LogP contribution < -0.4 is 10.1 Å². The molecule has 0 bridgehead atoms. The highest BCUT2D eigenvalue weighted by molar-refractivity contribution is 7.22. The van der Waals surface area contributed by atoms with Crippen LogP contribution in [0.3, 0.4) is 0 Å². The lowest BCUT2D eigenvalue weighted by Gasteiger charge is -2.05. The van der Waals surface area contributed by atoms with E-state index >= 15 is 0 Å². The zero-order valence-electron chi connectivity index (χ0n) is 13.1. The van der Waals surface area contributed by atoms with Crippen LogP contribution in [0.25, 0.3) is 21.3 Å². The molecular weight excluding hydrogens is 320 g/mol. The highest BCUT2D eigenvalue weighted by Crippen LogP contribution is 2.30. The van der Waals surface area contributed by atoms with E-state index in [1.807, 2.05) is 36.7 Å². The van der Waals surface area contributed by atoms with Crippen LogP contribution in [0.5, 0.6) is 5.75 Å². The van der Waals surface area contributed by atoms with E-state index in [0.717, 1.165) is 37.8 Å². The van der Waals surface area contributed by atoms with E-state index in [4.69, 9.17) is 4.74 Å². The molecule has 0 aliphatic rings. The Labute approximate surface area is 143 Å². The quantitative estimate of drug-likeness (QED) is 0.570. The maximum absolute atomic E-state index is 5.25. The molecule has 24 heavy (non-hydrogen) atoms. The molecule has 0 saturated heterocycles. The molecule has 0 unspecified atom stereocenters. The smallest absolute Gasteiger partial charge is 0.184 e. The minimum atomic E-state index is 0.714. The third kappa shape index (κ3) is 2.96. The van der Waals surface area contributed by atoms with Gasteiger partial charge in [0, 0.05) is 18.3 Å². The van der Waals surface area contributed by atoms with E-state index in [9.17, 15) is 0 Å². The van der Waals surface area contributed by atoms with Crippen LogP contribution in [0.1, 0.15) is 5.56 Å². The molecule has 2 aromatic heterocycles. The molecule has 120 valence electrons. The third-order valence-corrected chi connectivity index (χ3v) is 4.77. The van der Waals surface area contributed by atoms with Crippen molar-refractivity contribution in [3.8, 4) is 16.9 Å². The Hall–Kier alpha value is -2.86. The van der Waals surface area contributed by atoms with Gasteiger partial charge in [-0.25, -0.2) is 4.98 Å². The monoisotopic (exact) mass is 336 g/mol. The largest absolute Gasteiger partial charge is 0.497 e. The Bertz CT molecular complexity index is 962. The molecule has 2 heterocycles. The van der Waals surface area contributed by atoms with Crippen LogP contribution >= 0.6 is 11.3 Å². The number of H-pyrrole nitrogens is 1. The summed E-state index contributed by atoms with van der Waals surface area (Å²) in [6.45, 7) is 0.714. The Morgan fingerprint density at radius 1 is 1.17 bits per heavy atom. The first-order valence-corrected chi connectivity index (χ1v) is 8.40. The molecule has 0 fully saturated rings. The SMILES string of the molecule is COc1cccc(CNc2nc3ccc(-c4cn[nH]c4)cc3s2)c1. The van der Waals surface area contributed by atoms with Crippen molar-refractivity contribution in [2.75, 3.05) is 12.4 Å².